The van der Waals surface area contributed by atoms with Crippen LogP contribution >= 0.6 is 15.9 Å². The number of rotatable bonds is 10. The van der Waals surface area contributed by atoms with E-state index in [4.69, 9.17) is 0 Å². The van der Waals surface area contributed by atoms with Crippen molar-refractivity contribution < 1.29 is 20.4 Å². The lowest BCUT2D eigenvalue weighted by Gasteiger charge is -2.26. The molecule has 0 saturated heterocycles. The highest BCUT2D eigenvalue weighted by Crippen LogP contribution is 2.38. The van der Waals surface area contributed by atoms with Gasteiger partial charge in [0.1, 0.15) is 5.65 Å². The van der Waals surface area contributed by atoms with Crippen molar-refractivity contribution >= 4 is 27.0 Å². The van der Waals surface area contributed by atoms with Gasteiger partial charge in [-0.05, 0) is 38.7 Å². The van der Waals surface area contributed by atoms with E-state index in [1.165, 1.54) is 0 Å². The summed E-state index contributed by atoms with van der Waals surface area (Å²) in [6, 6.07) is 20.3. The van der Waals surface area contributed by atoms with Crippen LogP contribution < -0.4 is 0 Å². The Bertz CT molecular complexity index is 1200. The van der Waals surface area contributed by atoms with E-state index in [2.05, 4.69) is 56.2 Å². The number of nitrogens with one attached hydrogen (secondary N) is 1. The van der Waals surface area contributed by atoms with Gasteiger partial charge >= 0.3 is 0 Å². The number of aliphatic hydroxyl groups is 4. The van der Waals surface area contributed by atoms with Gasteiger partial charge in [-0.3, -0.25) is 4.90 Å². The zero-order valence-corrected chi connectivity index (χ0v) is 20.2. The van der Waals surface area contributed by atoms with E-state index in [-0.39, 0.29) is 26.3 Å². The fourth-order valence-corrected chi connectivity index (χ4v) is 4.45. The lowest BCUT2D eigenvalue weighted by atomic mass is 9.98. The van der Waals surface area contributed by atoms with E-state index in [0.29, 0.717) is 6.54 Å². The summed E-state index contributed by atoms with van der Waals surface area (Å²) in [6.07, 6.45) is -0.0667. The van der Waals surface area contributed by atoms with E-state index in [1.807, 2.05) is 35.2 Å². The van der Waals surface area contributed by atoms with Gasteiger partial charge in [-0.1, -0.05) is 54.6 Å². The Hall–Kier alpha value is -2.59. The number of fused-ring (bicyclic) bond motifs is 1. The largest absolute Gasteiger partial charge is 0.394 e. The van der Waals surface area contributed by atoms with Crippen LogP contribution in [-0.4, -0.2) is 73.8 Å². The van der Waals surface area contributed by atoms with Crippen LogP contribution in [0, 0.1) is 0 Å². The molecule has 4 rings (SSSR count). The molecular formula is C26H28BrN3O4. The molecule has 0 spiro atoms. The molecule has 0 amide bonds. The Balaban J connectivity index is 1.67. The number of hydrogen-bond donors (Lipinski definition) is 5. The molecule has 2 aromatic heterocycles. The van der Waals surface area contributed by atoms with E-state index in [1.54, 1.807) is 6.20 Å². The third-order valence-corrected chi connectivity index (χ3v) is 6.12. The molecule has 5 N–H and O–H groups in total. The van der Waals surface area contributed by atoms with Gasteiger partial charge in [0, 0.05) is 41.3 Å². The predicted molar refractivity (Wildman–Crippen MR) is 136 cm³/mol. The van der Waals surface area contributed by atoms with Gasteiger partial charge in [-0.25, -0.2) is 4.98 Å². The second kappa shape index (κ2) is 11.2. The lowest BCUT2D eigenvalue weighted by molar-refractivity contribution is 0.0204. The molecular weight excluding hydrogens is 498 g/mol. The van der Waals surface area contributed by atoms with Crippen molar-refractivity contribution in [3.8, 4) is 22.4 Å². The van der Waals surface area contributed by atoms with Crippen molar-refractivity contribution in [1.29, 1.82) is 0 Å². The molecule has 4 aromatic rings. The lowest BCUT2D eigenvalue weighted by Crippen LogP contribution is -2.39. The quantitative estimate of drug-likeness (QED) is 0.217. The summed E-state index contributed by atoms with van der Waals surface area (Å²) in [6.45, 7) is 0.111. The number of halogens is 1. The van der Waals surface area contributed by atoms with Gasteiger partial charge in [0.25, 0.3) is 0 Å². The summed E-state index contributed by atoms with van der Waals surface area (Å²) in [4.78, 5) is 9.83. The van der Waals surface area contributed by atoms with Crippen LogP contribution in [-0.2, 0) is 6.54 Å². The first kappa shape index (κ1) is 24.5. The number of pyridine rings is 1. The number of nitrogens with zero attached hydrogens (tertiary/aromatic N) is 2. The van der Waals surface area contributed by atoms with Crippen LogP contribution in [0.1, 0.15) is 5.56 Å². The fourth-order valence-electron chi connectivity index (χ4n) is 4.12. The van der Waals surface area contributed by atoms with E-state index < -0.39 is 12.2 Å². The molecule has 0 fully saturated rings. The second-order valence-corrected chi connectivity index (χ2v) is 9.27. The van der Waals surface area contributed by atoms with Crippen LogP contribution in [0.5, 0.6) is 0 Å². The zero-order chi connectivity index (χ0) is 24.1. The molecule has 0 aliphatic heterocycles. The highest BCUT2D eigenvalue weighted by molar-refractivity contribution is 9.10. The molecule has 34 heavy (non-hydrogen) atoms. The maximum Gasteiger partial charge on any atom is 0.138 e. The van der Waals surface area contributed by atoms with Crippen LogP contribution in [0.25, 0.3) is 33.4 Å². The Morgan fingerprint density at radius 3 is 2.15 bits per heavy atom. The molecule has 178 valence electrons. The minimum absolute atomic E-state index is 0.190. The maximum absolute atomic E-state index is 9.87. The normalized spacial score (nSPS) is 13.5. The Labute approximate surface area is 206 Å². The number of hydrogen-bond acceptors (Lipinski definition) is 6. The van der Waals surface area contributed by atoms with Crippen LogP contribution in [0.15, 0.2) is 71.3 Å². The van der Waals surface area contributed by atoms with Crippen molar-refractivity contribution in [2.75, 3.05) is 26.3 Å². The van der Waals surface area contributed by atoms with Gasteiger partial charge in [-0.15, -0.1) is 0 Å². The first-order valence-corrected chi connectivity index (χ1v) is 11.9. The summed E-state index contributed by atoms with van der Waals surface area (Å²) >= 11 is 3.54. The Morgan fingerprint density at radius 2 is 1.53 bits per heavy atom. The highest BCUT2D eigenvalue weighted by Gasteiger charge is 2.18. The number of aromatic amines is 1. The van der Waals surface area contributed by atoms with Gasteiger partial charge in [0.15, 0.2) is 0 Å². The fraction of sp³-hybridized carbons (Fsp3) is 0.269. The van der Waals surface area contributed by atoms with Crippen molar-refractivity contribution in [2.24, 2.45) is 0 Å². The predicted octanol–water partition coefficient (Wildman–Crippen LogP) is 3.17. The minimum Gasteiger partial charge on any atom is -0.394 e. The SMILES string of the molecule is OCC(O)CN(Cc1ccc(-c2c(-c3ccccc3)[nH]c3ncc(Br)cc23)cc1)CC(O)CO. The smallest absolute Gasteiger partial charge is 0.138 e. The first-order valence-electron chi connectivity index (χ1n) is 11.1. The number of aliphatic hydroxyl groups excluding tert-OH is 4. The summed E-state index contributed by atoms with van der Waals surface area (Å²) in [7, 11) is 0. The summed E-state index contributed by atoms with van der Waals surface area (Å²) in [5, 5.41) is 39.2. The molecule has 2 heterocycles. The molecule has 0 bridgehead atoms. The number of aromatic nitrogens is 2. The van der Waals surface area contributed by atoms with Crippen molar-refractivity contribution in [1.82, 2.24) is 14.9 Å². The zero-order valence-electron chi connectivity index (χ0n) is 18.6. The standard InChI is InChI=1S/C26H28BrN3O4/c27-20-10-23-24(25(29-26(23)28-11-20)19-4-2-1-3-5-19)18-8-6-17(7-9-18)12-30(13-21(33)15-31)14-22(34)16-32/h1-11,21-22,31-34H,12-16H2,(H,28,29). The van der Waals surface area contributed by atoms with Crippen LogP contribution in [0.3, 0.4) is 0 Å². The molecule has 7 nitrogen and oxygen atoms in total. The second-order valence-electron chi connectivity index (χ2n) is 8.35. The molecule has 8 heteroatoms. The minimum atomic E-state index is -0.921. The number of H-pyrrole nitrogens is 1. The van der Waals surface area contributed by atoms with Crippen molar-refractivity contribution in [2.45, 2.75) is 18.8 Å². The monoisotopic (exact) mass is 525 g/mol. The number of benzene rings is 2. The van der Waals surface area contributed by atoms with E-state index in [0.717, 1.165) is 43.5 Å². The third kappa shape index (κ3) is 5.72. The van der Waals surface area contributed by atoms with Crippen LogP contribution in [0.2, 0.25) is 0 Å². The molecule has 0 radical (unpaired) electrons. The molecule has 0 saturated carbocycles. The Kier molecular flexibility index (Phi) is 8.10. The first-order chi connectivity index (χ1) is 16.5. The average molecular weight is 526 g/mol. The third-order valence-electron chi connectivity index (χ3n) is 5.69. The van der Waals surface area contributed by atoms with Crippen molar-refractivity contribution in [3.05, 3.63) is 76.9 Å². The van der Waals surface area contributed by atoms with Gasteiger partial charge in [0.2, 0.25) is 0 Å². The summed E-state index contributed by atoms with van der Waals surface area (Å²) in [5.41, 5.74) is 5.95. The van der Waals surface area contributed by atoms with Crippen LogP contribution in [0.4, 0.5) is 0 Å². The Morgan fingerprint density at radius 1 is 0.882 bits per heavy atom. The van der Waals surface area contributed by atoms with Crippen molar-refractivity contribution in [3.63, 3.8) is 0 Å². The van der Waals surface area contributed by atoms with Gasteiger partial charge < -0.3 is 25.4 Å². The topological polar surface area (TPSA) is 113 Å². The summed E-state index contributed by atoms with van der Waals surface area (Å²) in [5.74, 6) is 0. The summed E-state index contributed by atoms with van der Waals surface area (Å²) < 4.78 is 0.900. The molecule has 0 aliphatic carbocycles. The van der Waals surface area contributed by atoms with Gasteiger partial charge in [0.05, 0.1) is 31.1 Å². The highest BCUT2D eigenvalue weighted by atomic mass is 79.9. The molecule has 0 aliphatic rings. The average Bonchev–Trinajstić information content (AvgIpc) is 3.23. The molecule has 2 aromatic carbocycles. The molecule has 2 atom stereocenters. The molecule has 2 unspecified atom stereocenters. The van der Waals surface area contributed by atoms with Gasteiger partial charge in [-0.2, -0.15) is 0 Å². The van der Waals surface area contributed by atoms with E-state index in [9.17, 15) is 20.4 Å². The van der Waals surface area contributed by atoms with E-state index >= 15 is 0 Å². The maximum atomic E-state index is 9.87.